The second-order valence-corrected chi connectivity index (χ2v) is 7.66. The molecule has 1 saturated heterocycles. The summed E-state index contributed by atoms with van der Waals surface area (Å²) < 4.78 is 0. The van der Waals surface area contributed by atoms with Gasteiger partial charge in [-0.3, -0.25) is 14.6 Å². The molecular weight excluding hydrogens is 330 g/mol. The van der Waals surface area contributed by atoms with Crippen LogP contribution in [0.4, 0.5) is 5.69 Å². The molecule has 1 amide bonds. The Morgan fingerprint density at radius 2 is 1.84 bits per heavy atom. The number of rotatable bonds is 5. The number of amides is 1. The first-order valence-corrected chi connectivity index (χ1v) is 9.83. The standard InChI is InChI=1S/C20H27N3OS/c1-15-5-4-6-16(2)19(15)21-20(24)17(3)23-10-8-22(9-11-23)13-18-7-12-25-14-18/h4-7,12,14,17H,8-11,13H2,1-3H3,(H,21,24)/t17-/m1/s1. The maximum Gasteiger partial charge on any atom is 0.241 e. The van der Waals surface area contributed by atoms with Gasteiger partial charge in [0, 0.05) is 38.4 Å². The van der Waals surface area contributed by atoms with Crippen LogP contribution in [-0.4, -0.2) is 47.9 Å². The van der Waals surface area contributed by atoms with Gasteiger partial charge in [-0.15, -0.1) is 0 Å². The van der Waals surface area contributed by atoms with Crippen LogP contribution in [0.3, 0.4) is 0 Å². The third-order valence-electron chi connectivity index (χ3n) is 5.05. The van der Waals surface area contributed by atoms with Crippen LogP contribution in [0.15, 0.2) is 35.0 Å². The number of piperazine rings is 1. The maximum atomic E-state index is 12.7. The highest BCUT2D eigenvalue weighted by Crippen LogP contribution is 2.20. The first-order valence-electron chi connectivity index (χ1n) is 8.89. The fourth-order valence-electron chi connectivity index (χ4n) is 3.35. The number of hydrogen-bond acceptors (Lipinski definition) is 4. The Morgan fingerprint density at radius 3 is 2.44 bits per heavy atom. The Bertz CT molecular complexity index is 685. The summed E-state index contributed by atoms with van der Waals surface area (Å²) >= 11 is 1.75. The molecule has 1 N–H and O–H groups in total. The quantitative estimate of drug-likeness (QED) is 0.889. The van der Waals surface area contributed by atoms with Gasteiger partial charge in [0.05, 0.1) is 6.04 Å². The number of para-hydroxylation sites is 1. The lowest BCUT2D eigenvalue weighted by molar-refractivity contribution is -0.121. The number of anilines is 1. The Morgan fingerprint density at radius 1 is 1.16 bits per heavy atom. The summed E-state index contributed by atoms with van der Waals surface area (Å²) in [6, 6.07) is 8.18. The van der Waals surface area contributed by atoms with Gasteiger partial charge in [-0.2, -0.15) is 11.3 Å². The Labute approximate surface area is 154 Å². The van der Waals surface area contributed by atoms with E-state index in [0.717, 1.165) is 49.5 Å². The maximum absolute atomic E-state index is 12.7. The Kier molecular flexibility index (Phi) is 5.89. The summed E-state index contributed by atoms with van der Waals surface area (Å²) in [6.07, 6.45) is 0. The van der Waals surface area contributed by atoms with Crippen molar-refractivity contribution in [1.29, 1.82) is 0 Å². The van der Waals surface area contributed by atoms with Gasteiger partial charge >= 0.3 is 0 Å². The molecule has 0 spiro atoms. The van der Waals surface area contributed by atoms with Crippen molar-refractivity contribution < 1.29 is 4.79 Å². The number of nitrogens with one attached hydrogen (secondary N) is 1. The predicted octanol–water partition coefficient (Wildman–Crippen LogP) is 3.51. The fraction of sp³-hybridized carbons (Fsp3) is 0.450. The van der Waals surface area contributed by atoms with Crippen LogP contribution in [0.2, 0.25) is 0 Å². The molecule has 1 aliphatic rings. The van der Waals surface area contributed by atoms with Crippen molar-refractivity contribution >= 4 is 22.9 Å². The minimum atomic E-state index is -0.109. The van der Waals surface area contributed by atoms with Crippen LogP contribution < -0.4 is 5.32 Å². The van der Waals surface area contributed by atoms with Crippen LogP contribution in [0, 0.1) is 13.8 Å². The molecule has 1 aliphatic heterocycles. The van der Waals surface area contributed by atoms with Crippen LogP contribution in [0.5, 0.6) is 0 Å². The minimum absolute atomic E-state index is 0.0867. The third-order valence-corrected chi connectivity index (χ3v) is 5.78. The molecule has 0 unspecified atom stereocenters. The van der Waals surface area contributed by atoms with Gasteiger partial charge in [-0.05, 0) is 54.3 Å². The fourth-order valence-corrected chi connectivity index (χ4v) is 4.01. The van der Waals surface area contributed by atoms with E-state index in [0.29, 0.717) is 0 Å². The highest BCUT2D eigenvalue weighted by atomic mass is 32.1. The number of carbonyl (C=O) groups is 1. The molecule has 0 aliphatic carbocycles. The van der Waals surface area contributed by atoms with E-state index < -0.39 is 0 Å². The zero-order valence-corrected chi connectivity index (χ0v) is 16.1. The molecule has 0 saturated carbocycles. The molecule has 4 nitrogen and oxygen atoms in total. The van der Waals surface area contributed by atoms with Crippen LogP contribution >= 0.6 is 11.3 Å². The second-order valence-electron chi connectivity index (χ2n) is 6.88. The Hall–Kier alpha value is -1.69. The molecule has 0 bridgehead atoms. The molecule has 134 valence electrons. The Balaban J connectivity index is 1.53. The molecule has 1 atom stereocenters. The van der Waals surface area contributed by atoms with Crippen molar-refractivity contribution in [2.75, 3.05) is 31.5 Å². The first-order chi connectivity index (χ1) is 12.0. The van der Waals surface area contributed by atoms with Gasteiger partial charge in [0.2, 0.25) is 5.91 Å². The molecule has 5 heteroatoms. The number of aryl methyl sites for hydroxylation is 2. The van der Waals surface area contributed by atoms with E-state index in [2.05, 4.69) is 31.9 Å². The van der Waals surface area contributed by atoms with Crippen molar-refractivity contribution in [3.8, 4) is 0 Å². The van der Waals surface area contributed by atoms with E-state index in [1.54, 1.807) is 11.3 Å². The van der Waals surface area contributed by atoms with Crippen LogP contribution in [-0.2, 0) is 11.3 Å². The molecule has 2 heterocycles. The van der Waals surface area contributed by atoms with Gasteiger partial charge in [0.15, 0.2) is 0 Å². The number of thiophene rings is 1. The lowest BCUT2D eigenvalue weighted by Gasteiger charge is -2.37. The average molecular weight is 358 g/mol. The van der Waals surface area contributed by atoms with Gasteiger partial charge in [-0.25, -0.2) is 0 Å². The van der Waals surface area contributed by atoms with Crippen LogP contribution in [0.1, 0.15) is 23.6 Å². The van der Waals surface area contributed by atoms with E-state index in [4.69, 9.17) is 0 Å². The average Bonchev–Trinajstić information content (AvgIpc) is 3.11. The van der Waals surface area contributed by atoms with Crippen molar-refractivity contribution in [1.82, 2.24) is 9.80 Å². The summed E-state index contributed by atoms with van der Waals surface area (Å²) in [5.41, 5.74) is 4.57. The van der Waals surface area contributed by atoms with E-state index in [9.17, 15) is 4.79 Å². The zero-order chi connectivity index (χ0) is 17.8. The molecule has 3 rings (SSSR count). The van der Waals surface area contributed by atoms with Gasteiger partial charge in [-0.1, -0.05) is 18.2 Å². The zero-order valence-electron chi connectivity index (χ0n) is 15.3. The van der Waals surface area contributed by atoms with Crippen molar-refractivity contribution in [3.63, 3.8) is 0 Å². The van der Waals surface area contributed by atoms with Crippen molar-refractivity contribution in [2.45, 2.75) is 33.4 Å². The van der Waals surface area contributed by atoms with Gasteiger partial charge < -0.3 is 5.32 Å². The molecule has 2 aromatic rings. The summed E-state index contributed by atoms with van der Waals surface area (Å²) in [6.45, 7) is 11.0. The van der Waals surface area contributed by atoms with E-state index >= 15 is 0 Å². The lowest BCUT2D eigenvalue weighted by Crippen LogP contribution is -2.52. The van der Waals surface area contributed by atoms with E-state index in [1.165, 1.54) is 5.56 Å². The molecule has 25 heavy (non-hydrogen) atoms. The normalized spacial score (nSPS) is 17.4. The summed E-state index contributed by atoms with van der Waals surface area (Å²) in [7, 11) is 0. The molecule has 1 aromatic carbocycles. The molecule has 1 fully saturated rings. The molecular formula is C20H27N3OS. The number of nitrogens with zero attached hydrogens (tertiary/aromatic N) is 2. The monoisotopic (exact) mass is 357 g/mol. The number of carbonyl (C=O) groups excluding carboxylic acids is 1. The van der Waals surface area contributed by atoms with Crippen molar-refractivity contribution in [3.05, 3.63) is 51.7 Å². The summed E-state index contributed by atoms with van der Waals surface area (Å²) in [5.74, 6) is 0.0867. The van der Waals surface area contributed by atoms with Gasteiger partial charge in [0.25, 0.3) is 0 Å². The smallest absolute Gasteiger partial charge is 0.241 e. The highest BCUT2D eigenvalue weighted by Gasteiger charge is 2.26. The van der Waals surface area contributed by atoms with Crippen molar-refractivity contribution in [2.24, 2.45) is 0 Å². The molecule has 1 aromatic heterocycles. The predicted molar refractivity (Wildman–Crippen MR) is 105 cm³/mol. The molecule has 0 radical (unpaired) electrons. The second kappa shape index (κ2) is 8.13. The highest BCUT2D eigenvalue weighted by molar-refractivity contribution is 7.07. The topological polar surface area (TPSA) is 35.6 Å². The minimum Gasteiger partial charge on any atom is -0.324 e. The van der Waals surface area contributed by atoms with E-state index in [1.807, 2.05) is 39.0 Å². The summed E-state index contributed by atoms with van der Waals surface area (Å²) in [5, 5.41) is 7.48. The van der Waals surface area contributed by atoms with Gasteiger partial charge in [0.1, 0.15) is 0 Å². The van der Waals surface area contributed by atoms with Crippen LogP contribution in [0.25, 0.3) is 0 Å². The SMILES string of the molecule is Cc1cccc(C)c1NC(=O)[C@@H](C)N1CCN(Cc2ccsc2)CC1. The number of hydrogen-bond donors (Lipinski definition) is 1. The third kappa shape index (κ3) is 4.48. The lowest BCUT2D eigenvalue weighted by atomic mass is 10.1. The van der Waals surface area contributed by atoms with E-state index in [-0.39, 0.29) is 11.9 Å². The summed E-state index contributed by atoms with van der Waals surface area (Å²) in [4.78, 5) is 17.4. The number of benzene rings is 1. The largest absolute Gasteiger partial charge is 0.324 e. The first kappa shape index (κ1) is 18.1.